The molecule has 2 atom stereocenters. The summed E-state index contributed by atoms with van der Waals surface area (Å²) in [5, 5.41) is 1.04. The van der Waals surface area contributed by atoms with Crippen LogP contribution in [0.5, 0.6) is 0 Å². The van der Waals surface area contributed by atoms with Crippen LogP contribution in [-0.4, -0.2) is 47.5 Å². The Balaban J connectivity index is 1.81. The number of aromatic amines is 1. The minimum absolute atomic E-state index is 0.181. The third-order valence-corrected chi connectivity index (χ3v) is 4.35. The number of benzene rings is 1. The van der Waals surface area contributed by atoms with E-state index in [0.29, 0.717) is 6.54 Å². The molecule has 2 heterocycles. The number of Topliss-reactive ketones (excluding diaryl/α,β-unsaturated/α-hetero) is 1. The fourth-order valence-corrected chi connectivity index (χ4v) is 3.44. The number of nitrogens with zero attached hydrogens (tertiary/aromatic N) is 1. The summed E-state index contributed by atoms with van der Waals surface area (Å²) in [5.41, 5.74) is 3.15. The molecule has 118 valence electrons. The summed E-state index contributed by atoms with van der Waals surface area (Å²) in [7, 11) is 0. The summed E-state index contributed by atoms with van der Waals surface area (Å²) < 4.78 is 5.73. The van der Waals surface area contributed by atoms with Crippen LogP contribution in [-0.2, 0) is 11.2 Å². The maximum Gasteiger partial charge on any atom is 0.178 e. The number of aromatic nitrogens is 1. The van der Waals surface area contributed by atoms with E-state index in [4.69, 9.17) is 4.74 Å². The van der Waals surface area contributed by atoms with E-state index in [1.807, 2.05) is 18.3 Å². The molecule has 0 aliphatic carbocycles. The molecule has 0 radical (unpaired) electrons. The maximum absolute atomic E-state index is 12.7. The van der Waals surface area contributed by atoms with Gasteiger partial charge in [0.15, 0.2) is 5.78 Å². The maximum atomic E-state index is 12.7. The van der Waals surface area contributed by atoms with Crippen molar-refractivity contribution >= 4 is 16.7 Å². The van der Waals surface area contributed by atoms with Gasteiger partial charge in [0.2, 0.25) is 0 Å². The molecule has 0 bridgehead atoms. The van der Waals surface area contributed by atoms with Gasteiger partial charge in [-0.1, -0.05) is 25.1 Å². The molecule has 1 saturated heterocycles. The SMILES string of the molecule is CCc1cccc2c(C(=O)CN3C[C@@H](C)O[C@H](C)C3)c[nH]c12. The molecule has 3 rings (SSSR count). The molecule has 0 unspecified atom stereocenters. The Kier molecular flexibility index (Phi) is 4.32. The third-order valence-electron chi connectivity index (χ3n) is 4.35. The number of ether oxygens (including phenoxy) is 1. The number of morpholine rings is 1. The Hall–Kier alpha value is -1.65. The molecule has 1 N–H and O–H groups in total. The summed E-state index contributed by atoms with van der Waals surface area (Å²) in [4.78, 5) is 18.2. The van der Waals surface area contributed by atoms with Gasteiger partial charge < -0.3 is 9.72 Å². The first-order valence-electron chi connectivity index (χ1n) is 8.08. The summed E-state index contributed by atoms with van der Waals surface area (Å²) in [5.74, 6) is 0.181. The van der Waals surface area contributed by atoms with Crippen LogP contribution in [0.4, 0.5) is 0 Å². The number of para-hydroxylation sites is 1. The van der Waals surface area contributed by atoms with Crippen molar-refractivity contribution in [3.05, 3.63) is 35.5 Å². The third kappa shape index (κ3) is 2.94. The van der Waals surface area contributed by atoms with E-state index in [2.05, 4.69) is 36.7 Å². The molecule has 2 aromatic rings. The predicted molar refractivity (Wildman–Crippen MR) is 88.5 cm³/mol. The molecule has 4 heteroatoms. The zero-order valence-corrected chi connectivity index (χ0v) is 13.6. The van der Waals surface area contributed by atoms with E-state index < -0.39 is 0 Å². The van der Waals surface area contributed by atoms with Crippen LogP contribution < -0.4 is 0 Å². The van der Waals surface area contributed by atoms with Crippen LogP contribution in [0.1, 0.15) is 36.7 Å². The standard InChI is InChI=1S/C18H24N2O2/c1-4-14-6-5-7-15-16(8-19-18(14)15)17(21)11-20-9-12(2)22-13(3)10-20/h5-8,12-13,19H,4,9-11H2,1-3H3/t12-,13-/m1/s1. The van der Waals surface area contributed by atoms with E-state index in [-0.39, 0.29) is 18.0 Å². The molecule has 1 aliphatic heterocycles. The quantitative estimate of drug-likeness (QED) is 0.883. The number of aryl methyl sites for hydroxylation is 1. The normalized spacial score (nSPS) is 23.0. The van der Waals surface area contributed by atoms with Gasteiger partial charge in [0.25, 0.3) is 0 Å². The van der Waals surface area contributed by atoms with E-state index in [1.165, 1.54) is 5.56 Å². The second-order valence-corrected chi connectivity index (χ2v) is 6.27. The molecule has 0 saturated carbocycles. The molecule has 1 aromatic heterocycles. The van der Waals surface area contributed by atoms with Crippen molar-refractivity contribution in [2.24, 2.45) is 0 Å². The van der Waals surface area contributed by atoms with Gasteiger partial charge in [0.1, 0.15) is 0 Å². The first-order valence-corrected chi connectivity index (χ1v) is 8.08. The van der Waals surface area contributed by atoms with E-state index in [1.54, 1.807) is 0 Å². The molecule has 1 fully saturated rings. The lowest BCUT2D eigenvalue weighted by molar-refractivity contribution is -0.0652. The van der Waals surface area contributed by atoms with E-state index in [9.17, 15) is 4.79 Å². The van der Waals surface area contributed by atoms with Crippen LogP contribution in [0.3, 0.4) is 0 Å². The highest BCUT2D eigenvalue weighted by molar-refractivity contribution is 6.09. The lowest BCUT2D eigenvalue weighted by Gasteiger charge is -2.34. The number of H-pyrrole nitrogens is 1. The van der Waals surface area contributed by atoms with Crippen LogP contribution in [0.25, 0.3) is 10.9 Å². The van der Waals surface area contributed by atoms with Crippen molar-refractivity contribution in [3.8, 4) is 0 Å². The lowest BCUT2D eigenvalue weighted by Crippen LogP contribution is -2.47. The van der Waals surface area contributed by atoms with Crippen LogP contribution in [0.15, 0.2) is 24.4 Å². The smallest absolute Gasteiger partial charge is 0.178 e. The minimum Gasteiger partial charge on any atom is -0.373 e. The predicted octanol–water partition coefficient (Wildman–Crippen LogP) is 3.02. The monoisotopic (exact) mass is 300 g/mol. The second-order valence-electron chi connectivity index (χ2n) is 6.27. The minimum atomic E-state index is 0.181. The molecule has 4 nitrogen and oxygen atoms in total. The summed E-state index contributed by atoms with van der Waals surface area (Å²) in [6.07, 6.45) is 3.20. The van der Waals surface area contributed by atoms with Gasteiger partial charge >= 0.3 is 0 Å². The van der Waals surface area contributed by atoms with Crippen LogP contribution in [0, 0.1) is 0 Å². The first kappa shape index (κ1) is 15.3. The molecule has 1 aliphatic rings. The number of hydrogen-bond donors (Lipinski definition) is 1. The Morgan fingerprint density at radius 2 is 2.05 bits per heavy atom. The molecule has 22 heavy (non-hydrogen) atoms. The number of ketones is 1. The van der Waals surface area contributed by atoms with Gasteiger partial charge in [0.05, 0.1) is 18.8 Å². The van der Waals surface area contributed by atoms with Gasteiger partial charge in [-0.25, -0.2) is 0 Å². The van der Waals surface area contributed by atoms with Gasteiger partial charge in [-0.3, -0.25) is 9.69 Å². The first-order chi connectivity index (χ1) is 10.6. The van der Waals surface area contributed by atoms with E-state index >= 15 is 0 Å². The van der Waals surface area contributed by atoms with Crippen LogP contribution >= 0.6 is 0 Å². The largest absolute Gasteiger partial charge is 0.373 e. The Morgan fingerprint density at radius 1 is 1.32 bits per heavy atom. The Bertz CT molecular complexity index is 667. The van der Waals surface area contributed by atoms with Crippen molar-refractivity contribution in [2.45, 2.75) is 39.4 Å². The van der Waals surface area contributed by atoms with Gasteiger partial charge in [-0.15, -0.1) is 0 Å². The number of hydrogen-bond acceptors (Lipinski definition) is 3. The topological polar surface area (TPSA) is 45.3 Å². The highest BCUT2D eigenvalue weighted by Crippen LogP contribution is 2.23. The van der Waals surface area contributed by atoms with Crippen molar-refractivity contribution in [2.75, 3.05) is 19.6 Å². The molecule has 0 amide bonds. The summed E-state index contributed by atoms with van der Waals surface area (Å²) in [6, 6.07) is 6.17. The fraction of sp³-hybridized carbons (Fsp3) is 0.500. The number of nitrogens with one attached hydrogen (secondary N) is 1. The van der Waals surface area contributed by atoms with E-state index in [0.717, 1.165) is 36.0 Å². The van der Waals surface area contributed by atoms with Crippen molar-refractivity contribution < 1.29 is 9.53 Å². The van der Waals surface area contributed by atoms with Gasteiger partial charge in [-0.05, 0) is 25.8 Å². The summed E-state index contributed by atoms with van der Waals surface area (Å²) >= 11 is 0. The fourth-order valence-electron chi connectivity index (χ4n) is 3.44. The number of rotatable bonds is 4. The number of carbonyl (C=O) groups is 1. The molecular formula is C18H24N2O2. The zero-order valence-electron chi connectivity index (χ0n) is 13.6. The average molecular weight is 300 g/mol. The average Bonchev–Trinajstić information content (AvgIpc) is 2.90. The van der Waals surface area contributed by atoms with Crippen molar-refractivity contribution in [3.63, 3.8) is 0 Å². The number of fused-ring (bicyclic) bond motifs is 1. The molecular weight excluding hydrogens is 276 g/mol. The van der Waals surface area contributed by atoms with Crippen molar-refractivity contribution in [1.29, 1.82) is 0 Å². The van der Waals surface area contributed by atoms with Crippen molar-refractivity contribution in [1.82, 2.24) is 9.88 Å². The van der Waals surface area contributed by atoms with Crippen LogP contribution in [0.2, 0.25) is 0 Å². The second kappa shape index (κ2) is 6.23. The highest BCUT2D eigenvalue weighted by atomic mass is 16.5. The lowest BCUT2D eigenvalue weighted by atomic mass is 10.0. The highest BCUT2D eigenvalue weighted by Gasteiger charge is 2.25. The Morgan fingerprint density at radius 3 is 2.73 bits per heavy atom. The number of carbonyl (C=O) groups excluding carboxylic acids is 1. The van der Waals surface area contributed by atoms with Gasteiger partial charge in [0, 0.05) is 35.8 Å². The zero-order chi connectivity index (χ0) is 15.7. The Labute approximate surface area is 131 Å². The summed E-state index contributed by atoms with van der Waals surface area (Å²) in [6.45, 7) is 8.35. The van der Waals surface area contributed by atoms with Gasteiger partial charge in [-0.2, -0.15) is 0 Å². The molecule has 1 aromatic carbocycles. The molecule has 0 spiro atoms.